The second-order valence-corrected chi connectivity index (χ2v) is 6.47. The summed E-state index contributed by atoms with van der Waals surface area (Å²) < 4.78 is 22.6. The Kier molecular flexibility index (Phi) is 6.42. The molecule has 1 heterocycles. The molecule has 0 unspecified atom stereocenters. The molecule has 28 heavy (non-hydrogen) atoms. The largest absolute Gasteiger partial charge is 0.493 e. The molecule has 0 aromatic heterocycles. The summed E-state index contributed by atoms with van der Waals surface area (Å²) in [6.45, 7) is 2.68. The summed E-state index contributed by atoms with van der Waals surface area (Å²) in [6, 6.07) is 13.1. The fourth-order valence-corrected chi connectivity index (χ4v) is 2.91. The lowest BCUT2D eigenvalue weighted by Gasteiger charge is -2.29. The van der Waals surface area contributed by atoms with E-state index in [9.17, 15) is 4.79 Å². The van der Waals surface area contributed by atoms with Crippen molar-refractivity contribution in [1.29, 1.82) is 0 Å². The Labute approximate surface area is 165 Å². The SMILES string of the molecule is C/C=C/c1ccc(OCC(=O)N(C)C[C@H]2COc3ccccc3O2)c(OC)c1. The number of nitrogens with zero attached hydrogens (tertiary/aromatic N) is 1. The number of para-hydroxylation sites is 2. The molecule has 0 bridgehead atoms. The highest BCUT2D eigenvalue weighted by molar-refractivity contribution is 5.77. The first kappa shape index (κ1) is 19.6. The van der Waals surface area contributed by atoms with Crippen LogP contribution in [0.1, 0.15) is 12.5 Å². The van der Waals surface area contributed by atoms with Crippen LogP contribution < -0.4 is 18.9 Å². The first-order chi connectivity index (χ1) is 13.6. The Morgan fingerprint density at radius 3 is 2.75 bits per heavy atom. The number of hydrogen-bond donors (Lipinski definition) is 0. The van der Waals surface area contributed by atoms with Crippen LogP contribution in [0.15, 0.2) is 48.5 Å². The minimum atomic E-state index is -0.224. The van der Waals surface area contributed by atoms with E-state index in [-0.39, 0.29) is 18.6 Å². The molecule has 1 aliphatic heterocycles. The van der Waals surface area contributed by atoms with Crippen molar-refractivity contribution in [3.63, 3.8) is 0 Å². The van der Waals surface area contributed by atoms with Crippen molar-refractivity contribution in [1.82, 2.24) is 4.90 Å². The number of hydrogen-bond acceptors (Lipinski definition) is 5. The van der Waals surface area contributed by atoms with E-state index in [1.165, 1.54) is 0 Å². The van der Waals surface area contributed by atoms with Crippen LogP contribution in [0.25, 0.3) is 6.08 Å². The van der Waals surface area contributed by atoms with Crippen molar-refractivity contribution in [2.24, 2.45) is 0 Å². The van der Waals surface area contributed by atoms with E-state index in [0.717, 1.165) is 11.3 Å². The molecule has 2 aromatic carbocycles. The van der Waals surface area contributed by atoms with Crippen molar-refractivity contribution < 1.29 is 23.7 Å². The minimum Gasteiger partial charge on any atom is -0.493 e. The molecule has 148 valence electrons. The Morgan fingerprint density at radius 2 is 2.00 bits per heavy atom. The predicted octanol–water partition coefficient (Wildman–Crippen LogP) is 3.41. The van der Waals surface area contributed by atoms with Crippen LogP contribution >= 0.6 is 0 Å². The highest BCUT2D eigenvalue weighted by Crippen LogP contribution is 2.31. The van der Waals surface area contributed by atoms with E-state index in [4.69, 9.17) is 18.9 Å². The number of methoxy groups -OCH3 is 1. The summed E-state index contributed by atoms with van der Waals surface area (Å²) in [5.41, 5.74) is 1.00. The van der Waals surface area contributed by atoms with Crippen LogP contribution in [0, 0.1) is 0 Å². The maximum absolute atomic E-state index is 12.5. The number of carbonyl (C=O) groups is 1. The molecule has 2 aromatic rings. The fraction of sp³-hybridized carbons (Fsp3) is 0.318. The average molecular weight is 383 g/mol. The van der Waals surface area contributed by atoms with Gasteiger partial charge < -0.3 is 23.8 Å². The van der Waals surface area contributed by atoms with E-state index < -0.39 is 0 Å². The molecule has 0 fully saturated rings. The summed E-state index contributed by atoms with van der Waals surface area (Å²) >= 11 is 0. The highest BCUT2D eigenvalue weighted by atomic mass is 16.6. The minimum absolute atomic E-state index is 0.0833. The zero-order valence-electron chi connectivity index (χ0n) is 16.4. The summed E-state index contributed by atoms with van der Waals surface area (Å²) in [5.74, 6) is 2.39. The van der Waals surface area contributed by atoms with Crippen molar-refractivity contribution in [3.8, 4) is 23.0 Å². The van der Waals surface area contributed by atoms with Gasteiger partial charge in [-0.05, 0) is 36.8 Å². The number of ether oxygens (including phenoxy) is 4. The van der Waals surface area contributed by atoms with Crippen LogP contribution in [0.4, 0.5) is 0 Å². The zero-order chi connectivity index (χ0) is 19.9. The van der Waals surface area contributed by atoms with Gasteiger partial charge in [0.25, 0.3) is 5.91 Å². The van der Waals surface area contributed by atoms with Crippen molar-refractivity contribution in [3.05, 3.63) is 54.1 Å². The third kappa shape index (κ3) is 4.76. The summed E-state index contributed by atoms with van der Waals surface area (Å²) in [4.78, 5) is 14.0. The average Bonchev–Trinajstić information content (AvgIpc) is 2.72. The second kappa shape index (κ2) is 9.17. The number of allylic oxidation sites excluding steroid dienone is 1. The van der Waals surface area contributed by atoms with Gasteiger partial charge in [0.1, 0.15) is 6.61 Å². The fourth-order valence-electron chi connectivity index (χ4n) is 2.91. The van der Waals surface area contributed by atoms with Crippen molar-refractivity contribution >= 4 is 12.0 Å². The summed E-state index contributed by atoms with van der Waals surface area (Å²) in [6.07, 6.45) is 3.69. The molecule has 0 saturated heterocycles. The number of amides is 1. The number of carbonyl (C=O) groups excluding carboxylic acids is 1. The van der Waals surface area contributed by atoms with Gasteiger partial charge in [-0.15, -0.1) is 0 Å². The number of rotatable bonds is 7. The maximum atomic E-state index is 12.5. The zero-order valence-corrected chi connectivity index (χ0v) is 16.4. The summed E-state index contributed by atoms with van der Waals surface area (Å²) in [7, 11) is 3.30. The van der Waals surface area contributed by atoms with Gasteiger partial charge in [0.2, 0.25) is 0 Å². The van der Waals surface area contributed by atoms with Gasteiger partial charge in [-0.1, -0.05) is 30.4 Å². The van der Waals surface area contributed by atoms with Crippen LogP contribution in [0.2, 0.25) is 0 Å². The van der Waals surface area contributed by atoms with E-state index in [2.05, 4.69) is 0 Å². The lowest BCUT2D eigenvalue weighted by Crippen LogP contribution is -2.43. The van der Waals surface area contributed by atoms with Crippen LogP contribution in [-0.2, 0) is 4.79 Å². The van der Waals surface area contributed by atoms with Gasteiger partial charge in [0.05, 0.1) is 13.7 Å². The lowest BCUT2D eigenvalue weighted by atomic mass is 10.2. The van der Waals surface area contributed by atoms with Gasteiger partial charge in [-0.2, -0.15) is 0 Å². The number of likely N-dealkylation sites (N-methyl/N-ethyl adjacent to an activating group) is 1. The van der Waals surface area contributed by atoms with Gasteiger partial charge >= 0.3 is 0 Å². The third-order valence-corrected chi connectivity index (χ3v) is 4.37. The quantitative estimate of drug-likeness (QED) is 0.733. The van der Waals surface area contributed by atoms with Crippen molar-refractivity contribution in [2.45, 2.75) is 13.0 Å². The van der Waals surface area contributed by atoms with Crippen LogP contribution in [0.5, 0.6) is 23.0 Å². The Balaban J connectivity index is 1.54. The summed E-state index contributed by atoms with van der Waals surface area (Å²) in [5, 5.41) is 0. The molecule has 0 aliphatic carbocycles. The third-order valence-electron chi connectivity index (χ3n) is 4.37. The molecule has 0 saturated carbocycles. The standard InChI is InChI=1S/C22H25NO5/c1-4-7-16-10-11-19(21(12-16)25-3)27-15-22(24)23(2)13-17-14-26-18-8-5-6-9-20(18)28-17/h4-12,17H,13-15H2,1-3H3/b7-4+/t17-/m0/s1. The molecule has 1 aliphatic rings. The van der Waals surface area contributed by atoms with E-state index in [0.29, 0.717) is 30.4 Å². The Hall–Kier alpha value is -3.15. The van der Waals surface area contributed by atoms with Crippen LogP contribution in [0.3, 0.4) is 0 Å². The number of fused-ring (bicyclic) bond motifs is 1. The molecule has 0 radical (unpaired) electrons. The molecule has 1 amide bonds. The van der Waals surface area contributed by atoms with Crippen LogP contribution in [-0.4, -0.2) is 50.8 Å². The molecule has 6 heteroatoms. The first-order valence-corrected chi connectivity index (χ1v) is 9.16. The van der Waals surface area contributed by atoms with Gasteiger partial charge in [-0.25, -0.2) is 0 Å². The van der Waals surface area contributed by atoms with E-state index in [1.54, 1.807) is 25.1 Å². The Morgan fingerprint density at radius 1 is 1.21 bits per heavy atom. The molecular weight excluding hydrogens is 358 g/mol. The highest BCUT2D eigenvalue weighted by Gasteiger charge is 2.24. The van der Waals surface area contributed by atoms with Gasteiger partial charge in [-0.3, -0.25) is 4.79 Å². The normalized spacial score (nSPS) is 15.3. The second-order valence-electron chi connectivity index (χ2n) is 6.47. The monoisotopic (exact) mass is 383 g/mol. The first-order valence-electron chi connectivity index (χ1n) is 9.16. The molecule has 0 spiro atoms. The molecule has 0 N–H and O–H groups in total. The number of benzene rings is 2. The van der Waals surface area contributed by atoms with Gasteiger partial charge in [0, 0.05) is 7.05 Å². The maximum Gasteiger partial charge on any atom is 0.260 e. The molecule has 6 nitrogen and oxygen atoms in total. The topological polar surface area (TPSA) is 57.2 Å². The Bertz CT molecular complexity index is 849. The predicted molar refractivity (Wildman–Crippen MR) is 107 cm³/mol. The smallest absolute Gasteiger partial charge is 0.260 e. The van der Waals surface area contributed by atoms with E-state index in [1.807, 2.05) is 55.5 Å². The molecule has 1 atom stereocenters. The van der Waals surface area contributed by atoms with E-state index >= 15 is 0 Å². The molecule has 3 rings (SSSR count). The molecular formula is C22H25NO5. The van der Waals surface area contributed by atoms with Crippen molar-refractivity contribution in [2.75, 3.05) is 33.9 Å². The lowest BCUT2D eigenvalue weighted by molar-refractivity contribution is -0.133. The van der Waals surface area contributed by atoms with Gasteiger partial charge in [0.15, 0.2) is 35.7 Å².